The predicted octanol–water partition coefficient (Wildman–Crippen LogP) is 2.79. The van der Waals surface area contributed by atoms with Crippen molar-refractivity contribution in [3.8, 4) is 0 Å². The first-order valence-electron chi connectivity index (χ1n) is 6.94. The van der Waals surface area contributed by atoms with Crippen LogP contribution in [-0.4, -0.2) is 20.3 Å². The van der Waals surface area contributed by atoms with Crippen molar-refractivity contribution in [2.24, 2.45) is 5.10 Å². The van der Waals surface area contributed by atoms with E-state index in [4.69, 9.17) is 0 Å². The number of nitrogens with zero attached hydrogens (tertiary/aromatic N) is 3. The molecule has 1 aromatic carbocycles. The second-order valence-corrected chi connectivity index (χ2v) is 5.05. The van der Waals surface area contributed by atoms with Crippen LogP contribution >= 0.6 is 0 Å². The minimum atomic E-state index is 0.971. The van der Waals surface area contributed by atoms with Gasteiger partial charge < -0.3 is 4.90 Å². The Hall–Kier alpha value is -2.16. The van der Waals surface area contributed by atoms with Crippen molar-refractivity contribution in [3.63, 3.8) is 0 Å². The fourth-order valence-corrected chi connectivity index (χ4v) is 2.08. The Bertz CT molecular complexity index is 598. The van der Waals surface area contributed by atoms with Crippen LogP contribution in [-0.2, 0) is 6.42 Å². The third kappa shape index (κ3) is 3.23. The highest BCUT2D eigenvalue weighted by atomic mass is 15.3. The molecule has 0 N–H and O–H groups in total. The van der Waals surface area contributed by atoms with Crippen LogP contribution in [0.4, 0.5) is 5.69 Å². The first-order chi connectivity index (χ1) is 9.61. The van der Waals surface area contributed by atoms with E-state index < -0.39 is 0 Å². The Balaban J connectivity index is 2.25. The van der Waals surface area contributed by atoms with Gasteiger partial charge in [-0.1, -0.05) is 23.7 Å². The summed E-state index contributed by atoms with van der Waals surface area (Å²) in [7, 11) is 4.08. The Morgan fingerprint density at radius 2 is 1.80 bits per heavy atom. The van der Waals surface area contributed by atoms with Crippen molar-refractivity contribution in [3.05, 3.63) is 59.4 Å². The van der Waals surface area contributed by atoms with Gasteiger partial charge in [0.25, 0.3) is 0 Å². The van der Waals surface area contributed by atoms with E-state index in [-0.39, 0.29) is 0 Å². The summed E-state index contributed by atoms with van der Waals surface area (Å²) in [6.07, 6.45) is 2.88. The third-order valence-corrected chi connectivity index (χ3v) is 3.33. The molecule has 104 valence electrons. The molecule has 3 nitrogen and oxygen atoms in total. The standard InChI is InChI=1S/C17H22N3/c1-5-16-8-6-7-14(2)20(16)18-13-15-9-11-17(12-10-15)19(3)4/h6-13H,5H2,1-4H3/q+1/b18-13+. The molecule has 0 spiro atoms. The van der Waals surface area contributed by atoms with Gasteiger partial charge in [-0.3, -0.25) is 0 Å². The Morgan fingerprint density at radius 3 is 2.40 bits per heavy atom. The highest BCUT2D eigenvalue weighted by Crippen LogP contribution is 2.10. The highest BCUT2D eigenvalue weighted by Gasteiger charge is 2.10. The molecule has 2 aromatic rings. The molecule has 0 unspecified atom stereocenters. The number of pyridine rings is 1. The van der Waals surface area contributed by atoms with E-state index >= 15 is 0 Å². The van der Waals surface area contributed by atoms with Crippen LogP contribution in [0.3, 0.4) is 0 Å². The molecule has 0 aliphatic rings. The van der Waals surface area contributed by atoms with Gasteiger partial charge in [0, 0.05) is 45.3 Å². The molecule has 0 saturated carbocycles. The maximum atomic E-state index is 4.60. The zero-order valence-corrected chi connectivity index (χ0v) is 12.7. The number of hydrogen-bond acceptors (Lipinski definition) is 2. The third-order valence-electron chi connectivity index (χ3n) is 3.33. The summed E-state index contributed by atoms with van der Waals surface area (Å²) in [4.78, 5) is 2.09. The monoisotopic (exact) mass is 268 g/mol. The van der Waals surface area contributed by atoms with E-state index in [2.05, 4.69) is 66.3 Å². The van der Waals surface area contributed by atoms with E-state index in [1.54, 1.807) is 0 Å². The summed E-state index contributed by atoms with van der Waals surface area (Å²) in [5.74, 6) is 0. The van der Waals surface area contributed by atoms with Crippen molar-refractivity contribution >= 4 is 11.9 Å². The van der Waals surface area contributed by atoms with Gasteiger partial charge in [0.05, 0.1) is 0 Å². The van der Waals surface area contributed by atoms with E-state index in [1.165, 1.54) is 11.4 Å². The van der Waals surface area contributed by atoms with E-state index in [1.807, 2.05) is 25.0 Å². The quantitative estimate of drug-likeness (QED) is 0.616. The van der Waals surface area contributed by atoms with Gasteiger partial charge in [-0.25, -0.2) is 0 Å². The van der Waals surface area contributed by atoms with Gasteiger partial charge in [0.15, 0.2) is 0 Å². The molecule has 0 aliphatic carbocycles. The molecule has 0 amide bonds. The molecule has 1 heterocycles. The second kappa shape index (κ2) is 6.33. The molecule has 2 rings (SSSR count). The first kappa shape index (κ1) is 14.3. The van der Waals surface area contributed by atoms with E-state index in [0.29, 0.717) is 0 Å². The molecular formula is C17H22N3+. The number of hydrogen-bond donors (Lipinski definition) is 0. The fraction of sp³-hybridized carbons (Fsp3) is 0.294. The Labute approximate surface area is 121 Å². The molecule has 3 heteroatoms. The summed E-state index contributed by atoms with van der Waals surface area (Å²) in [6, 6.07) is 14.6. The highest BCUT2D eigenvalue weighted by molar-refractivity contribution is 5.79. The average Bonchev–Trinajstić information content (AvgIpc) is 2.46. The summed E-state index contributed by atoms with van der Waals surface area (Å²) in [5, 5.41) is 4.60. The van der Waals surface area contributed by atoms with E-state index in [0.717, 1.165) is 17.7 Å². The molecule has 1 aromatic heterocycles. The Morgan fingerprint density at radius 1 is 1.10 bits per heavy atom. The van der Waals surface area contributed by atoms with Gasteiger partial charge >= 0.3 is 0 Å². The van der Waals surface area contributed by atoms with Crippen molar-refractivity contribution in [1.29, 1.82) is 0 Å². The van der Waals surface area contributed by atoms with Gasteiger partial charge in [-0.2, -0.15) is 0 Å². The molecule has 0 bridgehead atoms. The number of aromatic nitrogens is 1. The molecule has 0 atom stereocenters. The van der Waals surface area contributed by atoms with Crippen LogP contribution in [0.15, 0.2) is 47.6 Å². The normalized spacial score (nSPS) is 11.0. The average molecular weight is 268 g/mol. The smallest absolute Gasteiger partial charge is 0.214 e. The van der Waals surface area contributed by atoms with E-state index in [9.17, 15) is 0 Å². The zero-order valence-electron chi connectivity index (χ0n) is 12.7. The minimum absolute atomic E-state index is 0.971. The number of anilines is 1. The van der Waals surface area contributed by atoms with Gasteiger partial charge in [-0.15, -0.1) is 0 Å². The predicted molar refractivity (Wildman–Crippen MR) is 84.5 cm³/mol. The summed E-state index contributed by atoms with van der Waals surface area (Å²) >= 11 is 0. The lowest BCUT2D eigenvalue weighted by molar-refractivity contribution is -0.691. The molecule has 0 saturated heterocycles. The van der Waals surface area contributed by atoms with Crippen LogP contribution < -0.4 is 9.58 Å². The van der Waals surface area contributed by atoms with Crippen LogP contribution in [0.25, 0.3) is 0 Å². The van der Waals surface area contributed by atoms with Crippen LogP contribution in [0.5, 0.6) is 0 Å². The number of rotatable bonds is 4. The molecule has 0 radical (unpaired) electrons. The van der Waals surface area contributed by atoms with Crippen molar-refractivity contribution < 1.29 is 4.68 Å². The van der Waals surface area contributed by atoms with Gasteiger partial charge in [0.1, 0.15) is 6.21 Å². The zero-order chi connectivity index (χ0) is 14.5. The topological polar surface area (TPSA) is 19.5 Å². The van der Waals surface area contributed by atoms with Crippen molar-refractivity contribution in [1.82, 2.24) is 0 Å². The molecule has 0 aliphatic heterocycles. The lowest BCUT2D eigenvalue weighted by Gasteiger charge is -2.11. The van der Waals surface area contributed by atoms with Crippen molar-refractivity contribution in [2.75, 3.05) is 19.0 Å². The minimum Gasteiger partial charge on any atom is -0.378 e. The second-order valence-electron chi connectivity index (χ2n) is 5.05. The SMILES string of the molecule is CCc1cccc(C)[n+]1/N=C/c1ccc(N(C)C)cc1. The van der Waals surface area contributed by atoms with Crippen LogP contribution in [0, 0.1) is 6.92 Å². The maximum Gasteiger partial charge on any atom is 0.214 e. The first-order valence-corrected chi connectivity index (χ1v) is 6.94. The molecular weight excluding hydrogens is 246 g/mol. The van der Waals surface area contributed by atoms with Gasteiger partial charge in [0.2, 0.25) is 11.4 Å². The summed E-state index contributed by atoms with van der Waals surface area (Å²) in [6.45, 7) is 4.22. The lowest BCUT2D eigenvalue weighted by atomic mass is 10.2. The van der Waals surface area contributed by atoms with Gasteiger partial charge in [-0.05, 0) is 28.9 Å². The summed E-state index contributed by atoms with van der Waals surface area (Å²) in [5.41, 5.74) is 4.66. The van der Waals surface area contributed by atoms with Crippen LogP contribution in [0.2, 0.25) is 0 Å². The van der Waals surface area contributed by atoms with Crippen molar-refractivity contribution in [2.45, 2.75) is 20.3 Å². The fourth-order valence-electron chi connectivity index (χ4n) is 2.08. The largest absolute Gasteiger partial charge is 0.378 e. The number of benzene rings is 1. The molecule has 0 fully saturated rings. The maximum absolute atomic E-state index is 4.60. The number of aryl methyl sites for hydroxylation is 2. The summed E-state index contributed by atoms with van der Waals surface area (Å²) < 4.78 is 2.00. The Kier molecular flexibility index (Phi) is 4.51. The van der Waals surface area contributed by atoms with Crippen LogP contribution in [0.1, 0.15) is 23.9 Å². The lowest BCUT2D eigenvalue weighted by Crippen LogP contribution is -2.36. The molecule has 20 heavy (non-hydrogen) atoms.